The van der Waals surface area contributed by atoms with Crippen LogP contribution in [-0.2, 0) is 12.7 Å². The molecule has 6 rings (SSSR count). The number of hydrogen-bond donors (Lipinski definition) is 2. The van der Waals surface area contributed by atoms with Gasteiger partial charge in [-0.3, -0.25) is 14.2 Å². The van der Waals surface area contributed by atoms with Crippen LogP contribution < -0.4 is 21.1 Å². The number of alkyl halides is 3. The number of nitrogens with zero attached hydrogens (tertiary/aromatic N) is 5. The van der Waals surface area contributed by atoms with E-state index in [4.69, 9.17) is 4.98 Å². The van der Waals surface area contributed by atoms with Crippen molar-refractivity contribution in [3.8, 4) is 5.69 Å². The largest absolute Gasteiger partial charge is 0.416 e. The fraction of sp³-hybridized carbons (Fsp3) is 0.206. The van der Waals surface area contributed by atoms with Gasteiger partial charge in [0, 0.05) is 61.5 Å². The first-order valence-corrected chi connectivity index (χ1v) is 15.1. The monoisotopic (exact) mass is 677 g/mol. The highest BCUT2D eigenvalue weighted by Crippen LogP contribution is 2.29. The lowest BCUT2D eigenvalue weighted by Crippen LogP contribution is -2.50. The van der Waals surface area contributed by atoms with Crippen LogP contribution in [0.4, 0.5) is 38.4 Å². The minimum absolute atomic E-state index is 0.0215. The summed E-state index contributed by atoms with van der Waals surface area (Å²) >= 11 is 0. The summed E-state index contributed by atoms with van der Waals surface area (Å²) < 4.78 is 66.7. The number of carbonyl (C=O) groups excluding carboxylic acids is 2. The maximum absolute atomic E-state index is 13.6. The first-order valence-electron chi connectivity index (χ1n) is 15.1. The Morgan fingerprint density at radius 3 is 2.18 bits per heavy atom. The first-order chi connectivity index (χ1) is 23.4. The number of urea groups is 1. The van der Waals surface area contributed by atoms with Crippen molar-refractivity contribution in [1.82, 2.24) is 24.8 Å². The van der Waals surface area contributed by atoms with Gasteiger partial charge in [0.25, 0.3) is 11.5 Å². The molecule has 2 N–H and O–H groups in total. The Kier molecular flexibility index (Phi) is 8.99. The van der Waals surface area contributed by atoms with Gasteiger partial charge in [-0.05, 0) is 67.1 Å². The Morgan fingerprint density at radius 1 is 0.837 bits per heavy atom. The Labute approximate surface area is 275 Å². The molecule has 0 radical (unpaired) electrons. The van der Waals surface area contributed by atoms with Crippen molar-refractivity contribution in [3.05, 3.63) is 123 Å². The highest BCUT2D eigenvalue weighted by molar-refractivity contribution is 5.94. The molecule has 0 spiro atoms. The normalized spacial score (nSPS) is 13.4. The highest BCUT2D eigenvalue weighted by atomic mass is 19.4. The van der Waals surface area contributed by atoms with E-state index >= 15 is 0 Å². The predicted octanol–water partition coefficient (Wildman–Crippen LogP) is 5.67. The lowest BCUT2D eigenvalue weighted by Gasteiger charge is -2.34. The molecular formula is C34H28F5N7O3. The van der Waals surface area contributed by atoms with Crippen LogP contribution in [0, 0.1) is 18.6 Å². The number of pyridine rings is 1. The molecule has 0 unspecified atom stereocenters. The van der Waals surface area contributed by atoms with Gasteiger partial charge in [0.2, 0.25) is 5.95 Å². The summed E-state index contributed by atoms with van der Waals surface area (Å²) in [6, 6.07) is 16.4. The second kappa shape index (κ2) is 13.3. The molecule has 1 aliphatic rings. The maximum Gasteiger partial charge on any atom is 0.416 e. The van der Waals surface area contributed by atoms with Gasteiger partial charge in [-0.1, -0.05) is 12.1 Å². The summed E-state index contributed by atoms with van der Waals surface area (Å²) in [5.41, 5.74) is 1.16. The van der Waals surface area contributed by atoms with Crippen LogP contribution in [0.3, 0.4) is 0 Å². The fourth-order valence-corrected chi connectivity index (χ4v) is 5.39. The molecule has 0 bridgehead atoms. The van der Waals surface area contributed by atoms with Crippen molar-refractivity contribution in [2.75, 3.05) is 36.4 Å². The Morgan fingerprint density at radius 2 is 1.53 bits per heavy atom. The molecule has 252 valence electrons. The Balaban J connectivity index is 1.16. The molecule has 0 atom stereocenters. The van der Waals surface area contributed by atoms with E-state index in [0.29, 0.717) is 60.1 Å². The molecule has 49 heavy (non-hydrogen) atoms. The molecule has 3 heterocycles. The fourth-order valence-electron chi connectivity index (χ4n) is 5.39. The number of anilines is 2. The van der Waals surface area contributed by atoms with Crippen LogP contribution in [0.1, 0.15) is 27.2 Å². The van der Waals surface area contributed by atoms with Crippen LogP contribution in [0.2, 0.25) is 0 Å². The third-order valence-electron chi connectivity index (χ3n) is 8.07. The first kappa shape index (κ1) is 33.1. The van der Waals surface area contributed by atoms with E-state index in [1.807, 2.05) is 4.90 Å². The average Bonchev–Trinajstić information content (AvgIpc) is 3.08. The summed E-state index contributed by atoms with van der Waals surface area (Å²) in [6.45, 7) is 3.12. The van der Waals surface area contributed by atoms with E-state index in [1.54, 1.807) is 25.1 Å². The predicted molar refractivity (Wildman–Crippen MR) is 172 cm³/mol. The van der Waals surface area contributed by atoms with Crippen LogP contribution in [0.25, 0.3) is 16.7 Å². The number of benzene rings is 3. The Hall–Kier alpha value is -5.86. The topological polar surface area (TPSA) is 112 Å². The minimum atomic E-state index is -4.45. The second-order valence-corrected chi connectivity index (χ2v) is 11.3. The molecule has 10 nitrogen and oxygen atoms in total. The molecule has 1 fully saturated rings. The van der Waals surface area contributed by atoms with Crippen molar-refractivity contribution in [2.45, 2.75) is 19.6 Å². The number of piperazine rings is 1. The summed E-state index contributed by atoms with van der Waals surface area (Å²) in [4.78, 5) is 51.4. The molecule has 1 saturated heterocycles. The molecule has 0 aliphatic carbocycles. The molecule has 1 aliphatic heterocycles. The lowest BCUT2D eigenvalue weighted by molar-refractivity contribution is -0.137. The molecule has 3 amide bonds. The third kappa shape index (κ3) is 7.20. The standard InChI is InChI=1S/C34H28F5N7O3/c1-20-26-11-13-29(47)46(25-9-4-22(5-10-25)31(48)40-19-21-2-6-23(7-3-21)34(37,38)39)30(26)43-32(41-20)44-14-16-45(17-15-44)33(49)42-24-8-12-27(35)28(36)18-24/h2-13,18H,14-17,19H2,1H3,(H,40,48)(H,42,49). The van der Waals surface area contributed by atoms with Gasteiger partial charge < -0.3 is 20.4 Å². The van der Waals surface area contributed by atoms with Crippen LogP contribution in [-0.4, -0.2) is 57.6 Å². The van der Waals surface area contributed by atoms with Crippen LogP contribution >= 0.6 is 0 Å². The van der Waals surface area contributed by atoms with E-state index in [0.717, 1.165) is 24.3 Å². The number of carbonyl (C=O) groups is 2. The number of aryl methyl sites for hydroxylation is 1. The average molecular weight is 678 g/mol. The molecule has 3 aromatic carbocycles. The molecular weight excluding hydrogens is 649 g/mol. The van der Waals surface area contributed by atoms with Crippen molar-refractivity contribution >= 4 is 34.6 Å². The van der Waals surface area contributed by atoms with Crippen molar-refractivity contribution in [2.24, 2.45) is 0 Å². The van der Waals surface area contributed by atoms with E-state index in [-0.39, 0.29) is 23.4 Å². The zero-order valence-electron chi connectivity index (χ0n) is 25.9. The number of amides is 3. The number of aromatic nitrogens is 3. The van der Waals surface area contributed by atoms with Crippen LogP contribution in [0.15, 0.2) is 83.7 Å². The van der Waals surface area contributed by atoms with Gasteiger partial charge in [-0.15, -0.1) is 0 Å². The molecule has 0 saturated carbocycles. The van der Waals surface area contributed by atoms with E-state index in [1.165, 1.54) is 45.9 Å². The second-order valence-electron chi connectivity index (χ2n) is 11.3. The van der Waals surface area contributed by atoms with Gasteiger partial charge >= 0.3 is 12.2 Å². The number of rotatable bonds is 6. The van der Waals surface area contributed by atoms with E-state index in [2.05, 4.69) is 15.6 Å². The van der Waals surface area contributed by atoms with Gasteiger partial charge in [-0.25, -0.2) is 18.6 Å². The number of hydrogen-bond acceptors (Lipinski definition) is 6. The summed E-state index contributed by atoms with van der Waals surface area (Å²) in [7, 11) is 0. The molecule has 5 aromatic rings. The van der Waals surface area contributed by atoms with Crippen molar-refractivity contribution in [1.29, 1.82) is 0 Å². The lowest BCUT2D eigenvalue weighted by atomic mass is 10.1. The quantitative estimate of drug-likeness (QED) is 0.224. The minimum Gasteiger partial charge on any atom is -0.348 e. The maximum atomic E-state index is 13.6. The van der Waals surface area contributed by atoms with Gasteiger partial charge in [0.15, 0.2) is 17.3 Å². The number of halogens is 5. The molecule has 2 aromatic heterocycles. The Bertz CT molecular complexity index is 2090. The number of fused-ring (bicyclic) bond motifs is 1. The third-order valence-corrected chi connectivity index (χ3v) is 8.07. The molecule has 15 heteroatoms. The van der Waals surface area contributed by atoms with Crippen molar-refractivity contribution < 1.29 is 31.5 Å². The summed E-state index contributed by atoms with van der Waals surface area (Å²) in [5.74, 6) is -2.18. The van der Waals surface area contributed by atoms with Crippen molar-refractivity contribution in [3.63, 3.8) is 0 Å². The van der Waals surface area contributed by atoms with Gasteiger partial charge in [0.1, 0.15) is 0 Å². The van der Waals surface area contributed by atoms with E-state index < -0.39 is 35.3 Å². The smallest absolute Gasteiger partial charge is 0.348 e. The van der Waals surface area contributed by atoms with Crippen LogP contribution in [0.5, 0.6) is 0 Å². The highest BCUT2D eigenvalue weighted by Gasteiger charge is 2.30. The van der Waals surface area contributed by atoms with Gasteiger partial charge in [-0.2, -0.15) is 18.2 Å². The summed E-state index contributed by atoms with van der Waals surface area (Å²) in [5, 5.41) is 5.87. The summed E-state index contributed by atoms with van der Waals surface area (Å²) in [6.07, 6.45) is -4.45. The SMILES string of the molecule is Cc1nc(N2CCN(C(=O)Nc3ccc(F)c(F)c3)CC2)nc2c1ccc(=O)n2-c1ccc(C(=O)NCc2ccc(C(F)(F)F)cc2)cc1. The van der Waals surface area contributed by atoms with Gasteiger partial charge in [0.05, 0.1) is 16.9 Å². The zero-order valence-corrected chi connectivity index (χ0v) is 25.9. The van der Waals surface area contributed by atoms with E-state index in [9.17, 15) is 36.3 Å². The zero-order chi connectivity index (χ0) is 34.9. The number of nitrogens with one attached hydrogen (secondary N) is 2.